The van der Waals surface area contributed by atoms with Crippen LogP contribution in [0.3, 0.4) is 0 Å². The number of aromatic nitrogens is 2. The second-order valence-corrected chi connectivity index (χ2v) is 6.62. The number of thiophene rings is 1. The molecule has 1 amide bonds. The molecule has 0 saturated carbocycles. The Morgan fingerprint density at radius 2 is 2.00 bits per heavy atom. The summed E-state index contributed by atoms with van der Waals surface area (Å²) in [4.78, 5) is 21.1. The molecule has 0 atom stereocenters. The molecule has 3 aromatic rings. The van der Waals surface area contributed by atoms with E-state index < -0.39 is 0 Å². The van der Waals surface area contributed by atoms with Crippen LogP contribution in [0.1, 0.15) is 15.4 Å². The lowest BCUT2D eigenvalue weighted by molar-refractivity contribution is 0.0954. The highest BCUT2D eigenvalue weighted by atomic mass is 35.5. The van der Waals surface area contributed by atoms with E-state index in [9.17, 15) is 4.79 Å². The normalized spacial score (nSPS) is 10.4. The zero-order chi connectivity index (χ0) is 16.9. The molecule has 0 radical (unpaired) electrons. The summed E-state index contributed by atoms with van der Waals surface area (Å²) in [5, 5.41) is 2.83. The standard InChI is InChI=1S/C17H14ClN3O2S/c1-23-13-4-2-11(3-5-13)14-8-12(20-10-21-14)9-19-17(22)15-6-7-16(18)24-15/h2-8,10H,9H2,1H3,(H,19,22). The maximum atomic E-state index is 12.0. The number of carbonyl (C=O) groups is 1. The van der Waals surface area contributed by atoms with Crippen molar-refractivity contribution < 1.29 is 9.53 Å². The van der Waals surface area contributed by atoms with Crippen LogP contribution in [0, 0.1) is 0 Å². The second kappa shape index (κ2) is 7.42. The molecule has 0 unspecified atom stereocenters. The zero-order valence-electron chi connectivity index (χ0n) is 12.8. The van der Waals surface area contributed by atoms with Gasteiger partial charge in [-0.1, -0.05) is 11.6 Å². The minimum Gasteiger partial charge on any atom is -0.497 e. The van der Waals surface area contributed by atoms with Crippen molar-refractivity contribution in [3.8, 4) is 17.0 Å². The van der Waals surface area contributed by atoms with Gasteiger partial charge in [0.05, 0.1) is 34.3 Å². The first-order valence-corrected chi connectivity index (χ1v) is 8.34. The van der Waals surface area contributed by atoms with Gasteiger partial charge in [-0.2, -0.15) is 0 Å². The van der Waals surface area contributed by atoms with Crippen molar-refractivity contribution in [1.82, 2.24) is 15.3 Å². The Kier molecular flexibility index (Phi) is 5.08. The molecular weight excluding hydrogens is 346 g/mol. The minimum atomic E-state index is -0.170. The smallest absolute Gasteiger partial charge is 0.261 e. The van der Waals surface area contributed by atoms with E-state index in [0.717, 1.165) is 22.7 Å². The van der Waals surface area contributed by atoms with Gasteiger partial charge in [-0.25, -0.2) is 9.97 Å². The highest BCUT2D eigenvalue weighted by molar-refractivity contribution is 7.17. The van der Waals surface area contributed by atoms with Crippen LogP contribution in [0.25, 0.3) is 11.3 Å². The summed E-state index contributed by atoms with van der Waals surface area (Å²) in [6, 6.07) is 12.9. The third kappa shape index (κ3) is 3.90. The average Bonchev–Trinajstić information content (AvgIpc) is 3.06. The highest BCUT2D eigenvalue weighted by Gasteiger charge is 2.09. The predicted molar refractivity (Wildman–Crippen MR) is 94.5 cm³/mol. The highest BCUT2D eigenvalue weighted by Crippen LogP contribution is 2.22. The van der Waals surface area contributed by atoms with E-state index in [4.69, 9.17) is 16.3 Å². The Labute approximate surface area is 148 Å². The molecule has 0 aliphatic heterocycles. The number of hydrogen-bond acceptors (Lipinski definition) is 5. The lowest BCUT2D eigenvalue weighted by Gasteiger charge is -2.06. The van der Waals surface area contributed by atoms with E-state index in [1.165, 1.54) is 17.7 Å². The fourth-order valence-electron chi connectivity index (χ4n) is 2.11. The Morgan fingerprint density at radius 1 is 1.21 bits per heavy atom. The molecule has 3 rings (SSSR count). The van der Waals surface area contributed by atoms with Crippen LogP contribution < -0.4 is 10.1 Å². The fourth-order valence-corrected chi connectivity index (χ4v) is 3.07. The maximum Gasteiger partial charge on any atom is 0.261 e. The van der Waals surface area contributed by atoms with Gasteiger partial charge in [0.1, 0.15) is 12.1 Å². The average molecular weight is 360 g/mol. The van der Waals surface area contributed by atoms with Gasteiger partial charge in [-0.3, -0.25) is 4.79 Å². The quantitative estimate of drug-likeness (QED) is 0.752. The molecule has 0 aliphatic rings. The molecule has 24 heavy (non-hydrogen) atoms. The number of hydrogen-bond donors (Lipinski definition) is 1. The van der Waals surface area contributed by atoms with Crippen molar-refractivity contribution in [3.63, 3.8) is 0 Å². The van der Waals surface area contributed by atoms with Gasteiger partial charge in [-0.05, 0) is 42.5 Å². The van der Waals surface area contributed by atoms with Crippen LogP contribution in [-0.4, -0.2) is 23.0 Å². The molecule has 2 aromatic heterocycles. The first-order chi connectivity index (χ1) is 11.7. The molecule has 0 spiro atoms. The molecule has 1 aromatic carbocycles. The number of ether oxygens (including phenoxy) is 1. The molecule has 0 bridgehead atoms. The van der Waals surface area contributed by atoms with Gasteiger partial charge in [0, 0.05) is 5.56 Å². The summed E-state index contributed by atoms with van der Waals surface area (Å²) in [6.07, 6.45) is 1.49. The third-order valence-corrected chi connectivity index (χ3v) is 4.57. The van der Waals surface area contributed by atoms with Crippen LogP contribution >= 0.6 is 22.9 Å². The van der Waals surface area contributed by atoms with Crippen LogP contribution in [0.2, 0.25) is 4.34 Å². The van der Waals surface area contributed by atoms with Crippen molar-refractivity contribution in [2.45, 2.75) is 6.54 Å². The Bertz CT molecular complexity index is 849. The Balaban J connectivity index is 1.69. The van der Waals surface area contributed by atoms with Gasteiger partial charge in [0.15, 0.2) is 0 Å². The van der Waals surface area contributed by atoms with Gasteiger partial charge >= 0.3 is 0 Å². The number of carbonyl (C=O) groups excluding carboxylic acids is 1. The fraction of sp³-hybridized carbons (Fsp3) is 0.118. The monoisotopic (exact) mass is 359 g/mol. The Morgan fingerprint density at radius 3 is 2.67 bits per heavy atom. The largest absolute Gasteiger partial charge is 0.497 e. The summed E-state index contributed by atoms with van der Waals surface area (Å²) >= 11 is 7.08. The van der Waals surface area contributed by atoms with Crippen molar-refractivity contribution in [3.05, 3.63) is 63.7 Å². The lowest BCUT2D eigenvalue weighted by atomic mass is 10.1. The predicted octanol–water partition coefficient (Wildman–Crippen LogP) is 3.80. The van der Waals surface area contributed by atoms with Crippen LogP contribution in [0.5, 0.6) is 5.75 Å². The van der Waals surface area contributed by atoms with E-state index in [0.29, 0.717) is 15.8 Å². The number of halogens is 1. The third-order valence-electron chi connectivity index (χ3n) is 3.34. The molecule has 1 N–H and O–H groups in total. The number of methoxy groups -OCH3 is 1. The molecule has 0 fully saturated rings. The van der Waals surface area contributed by atoms with E-state index >= 15 is 0 Å². The number of amides is 1. The second-order valence-electron chi connectivity index (χ2n) is 4.91. The molecule has 0 aliphatic carbocycles. The van der Waals surface area contributed by atoms with Crippen LogP contribution in [-0.2, 0) is 6.54 Å². The van der Waals surface area contributed by atoms with Crippen molar-refractivity contribution in [1.29, 1.82) is 0 Å². The van der Waals surface area contributed by atoms with Crippen molar-refractivity contribution in [2.75, 3.05) is 7.11 Å². The first kappa shape index (κ1) is 16.4. The van der Waals surface area contributed by atoms with E-state index in [1.54, 1.807) is 19.2 Å². The molecule has 7 heteroatoms. The summed E-state index contributed by atoms with van der Waals surface area (Å²) in [5.74, 6) is 0.617. The summed E-state index contributed by atoms with van der Waals surface area (Å²) in [5.41, 5.74) is 2.47. The minimum absolute atomic E-state index is 0.170. The molecule has 5 nitrogen and oxygen atoms in total. The number of benzene rings is 1. The summed E-state index contributed by atoms with van der Waals surface area (Å²) < 4.78 is 5.74. The summed E-state index contributed by atoms with van der Waals surface area (Å²) in [6.45, 7) is 0.319. The van der Waals surface area contributed by atoms with Gasteiger partial charge in [0.25, 0.3) is 5.91 Å². The van der Waals surface area contributed by atoms with Crippen LogP contribution in [0.15, 0.2) is 48.8 Å². The maximum absolute atomic E-state index is 12.0. The molecule has 2 heterocycles. The molecule has 122 valence electrons. The lowest BCUT2D eigenvalue weighted by Crippen LogP contribution is -2.22. The molecular formula is C17H14ClN3O2S. The summed E-state index contributed by atoms with van der Waals surface area (Å²) in [7, 11) is 1.63. The Hall–Kier alpha value is -2.44. The zero-order valence-corrected chi connectivity index (χ0v) is 14.4. The first-order valence-electron chi connectivity index (χ1n) is 7.14. The van der Waals surface area contributed by atoms with E-state index in [2.05, 4.69) is 15.3 Å². The number of nitrogens with zero attached hydrogens (tertiary/aromatic N) is 2. The van der Waals surface area contributed by atoms with E-state index in [1.807, 2.05) is 30.3 Å². The van der Waals surface area contributed by atoms with Gasteiger partial charge in [0.2, 0.25) is 0 Å². The SMILES string of the molecule is COc1ccc(-c2cc(CNC(=O)c3ccc(Cl)s3)ncn2)cc1. The van der Waals surface area contributed by atoms with E-state index in [-0.39, 0.29) is 5.91 Å². The van der Waals surface area contributed by atoms with Crippen molar-refractivity contribution >= 4 is 28.8 Å². The molecule has 0 saturated heterocycles. The van der Waals surface area contributed by atoms with Crippen LogP contribution in [0.4, 0.5) is 0 Å². The topological polar surface area (TPSA) is 64.1 Å². The van der Waals surface area contributed by atoms with Gasteiger partial charge < -0.3 is 10.1 Å². The van der Waals surface area contributed by atoms with Gasteiger partial charge in [-0.15, -0.1) is 11.3 Å². The number of rotatable bonds is 5. The van der Waals surface area contributed by atoms with Crippen molar-refractivity contribution in [2.24, 2.45) is 0 Å². The number of nitrogens with one attached hydrogen (secondary N) is 1.